The summed E-state index contributed by atoms with van der Waals surface area (Å²) in [5.41, 5.74) is 0.0467. The van der Waals surface area contributed by atoms with E-state index in [1.807, 2.05) is 29.2 Å². The molecule has 1 atom stereocenters. The van der Waals surface area contributed by atoms with Crippen molar-refractivity contribution in [1.29, 1.82) is 0 Å². The van der Waals surface area contributed by atoms with Gasteiger partial charge in [-0.3, -0.25) is 4.79 Å². The highest BCUT2D eigenvalue weighted by atomic mass is 16.5. The summed E-state index contributed by atoms with van der Waals surface area (Å²) in [4.78, 5) is 25.5. The summed E-state index contributed by atoms with van der Waals surface area (Å²) in [6.07, 6.45) is 3.27. The summed E-state index contributed by atoms with van der Waals surface area (Å²) in [5.74, 6) is 0.293. The summed E-state index contributed by atoms with van der Waals surface area (Å²) < 4.78 is 9.98. The molecular weight excluding hydrogens is 270 g/mol. The van der Waals surface area contributed by atoms with Gasteiger partial charge in [0.1, 0.15) is 11.3 Å². The van der Waals surface area contributed by atoms with E-state index in [0.29, 0.717) is 6.54 Å². The van der Waals surface area contributed by atoms with Crippen molar-refractivity contribution < 1.29 is 19.1 Å². The molecule has 1 aromatic rings. The fourth-order valence-electron chi connectivity index (χ4n) is 2.40. The predicted octanol–water partition coefficient (Wildman–Crippen LogP) is 1.92. The molecule has 2 rings (SSSR count). The molecule has 5 nitrogen and oxygen atoms in total. The zero-order valence-corrected chi connectivity index (χ0v) is 12.5. The molecule has 0 spiro atoms. The van der Waals surface area contributed by atoms with Crippen molar-refractivity contribution >= 4 is 11.8 Å². The topological polar surface area (TPSA) is 55.8 Å². The molecule has 112 valence electrons. The number of ether oxygens (including phenoxy) is 2. The minimum absolute atomic E-state index is 0.0751. The molecule has 0 saturated heterocycles. The van der Waals surface area contributed by atoms with Gasteiger partial charge in [-0.1, -0.05) is 12.1 Å². The molecule has 0 aromatic heterocycles. The van der Waals surface area contributed by atoms with Gasteiger partial charge in [-0.25, -0.2) is 4.79 Å². The van der Waals surface area contributed by atoms with Crippen LogP contribution in [0.4, 0.5) is 0 Å². The van der Waals surface area contributed by atoms with Crippen LogP contribution in [0.15, 0.2) is 36.5 Å². The molecule has 1 aromatic carbocycles. The molecule has 1 aliphatic heterocycles. The van der Waals surface area contributed by atoms with Crippen LogP contribution in [-0.4, -0.2) is 36.4 Å². The largest absolute Gasteiger partial charge is 0.497 e. The second-order valence-electron chi connectivity index (χ2n) is 5.20. The predicted molar refractivity (Wildman–Crippen MR) is 77.7 cm³/mol. The lowest BCUT2D eigenvalue weighted by atomic mass is 9.90. The fourth-order valence-corrected chi connectivity index (χ4v) is 2.40. The zero-order chi connectivity index (χ0) is 15.5. The molecule has 0 saturated carbocycles. The van der Waals surface area contributed by atoms with Crippen LogP contribution in [0.25, 0.3) is 0 Å². The van der Waals surface area contributed by atoms with Gasteiger partial charge in [0.2, 0.25) is 0 Å². The molecule has 0 fully saturated rings. The first-order valence-corrected chi connectivity index (χ1v) is 6.69. The Labute approximate surface area is 124 Å². The first kappa shape index (κ1) is 15.1. The van der Waals surface area contributed by atoms with Crippen molar-refractivity contribution in [3.8, 4) is 5.75 Å². The Morgan fingerprint density at radius 3 is 2.52 bits per heavy atom. The van der Waals surface area contributed by atoms with E-state index in [-0.39, 0.29) is 12.2 Å². The Morgan fingerprint density at radius 2 is 1.95 bits per heavy atom. The number of esters is 1. The van der Waals surface area contributed by atoms with Crippen LogP contribution >= 0.6 is 0 Å². The number of carbonyl (C=O) groups excluding carboxylic acids is 2. The molecule has 1 aliphatic rings. The molecule has 5 heteroatoms. The lowest BCUT2D eigenvalue weighted by Gasteiger charge is -2.40. The molecule has 21 heavy (non-hydrogen) atoms. The molecule has 1 heterocycles. The summed E-state index contributed by atoms with van der Waals surface area (Å²) in [7, 11) is 2.95. The van der Waals surface area contributed by atoms with Crippen LogP contribution in [0.2, 0.25) is 0 Å². The van der Waals surface area contributed by atoms with E-state index in [1.54, 1.807) is 20.2 Å². The van der Waals surface area contributed by atoms with Crippen molar-refractivity contribution in [3.63, 3.8) is 0 Å². The van der Waals surface area contributed by atoms with Gasteiger partial charge in [0, 0.05) is 19.2 Å². The number of allylic oxidation sites excluding steroid dienone is 1. The van der Waals surface area contributed by atoms with Gasteiger partial charge in [-0.2, -0.15) is 0 Å². The number of methoxy groups -OCH3 is 2. The van der Waals surface area contributed by atoms with Crippen molar-refractivity contribution in [2.45, 2.75) is 25.4 Å². The van der Waals surface area contributed by atoms with E-state index in [1.165, 1.54) is 13.2 Å². The molecule has 1 unspecified atom stereocenters. The first-order chi connectivity index (χ1) is 9.99. The second kappa shape index (κ2) is 5.99. The molecule has 0 aliphatic carbocycles. The third-order valence-corrected chi connectivity index (χ3v) is 3.73. The fraction of sp³-hybridized carbons (Fsp3) is 0.375. The highest BCUT2D eigenvalue weighted by Crippen LogP contribution is 2.28. The van der Waals surface area contributed by atoms with Crippen molar-refractivity contribution in [2.24, 2.45) is 0 Å². The lowest BCUT2D eigenvalue weighted by Crippen LogP contribution is -2.53. The number of hydrogen-bond donors (Lipinski definition) is 0. The average molecular weight is 289 g/mol. The number of hydrogen-bond acceptors (Lipinski definition) is 5. The minimum Gasteiger partial charge on any atom is -0.497 e. The highest BCUT2D eigenvalue weighted by Gasteiger charge is 2.42. The van der Waals surface area contributed by atoms with E-state index in [2.05, 4.69) is 0 Å². The Morgan fingerprint density at radius 1 is 1.29 bits per heavy atom. The Bertz CT molecular complexity index is 564. The Hall–Kier alpha value is -2.30. The summed E-state index contributed by atoms with van der Waals surface area (Å²) in [6.45, 7) is 2.24. The van der Waals surface area contributed by atoms with E-state index < -0.39 is 11.5 Å². The molecule has 0 amide bonds. The standard InChI is InChI=1S/C16H19NO4/c1-16(15(19)21-3)10-13(18)8-9-17(16)11-12-4-6-14(20-2)7-5-12/h4-9H,10-11H2,1-3H3. The summed E-state index contributed by atoms with van der Waals surface area (Å²) in [6, 6.07) is 7.59. The third-order valence-electron chi connectivity index (χ3n) is 3.73. The van der Waals surface area contributed by atoms with E-state index in [4.69, 9.17) is 9.47 Å². The highest BCUT2D eigenvalue weighted by molar-refractivity contribution is 5.97. The summed E-state index contributed by atoms with van der Waals surface area (Å²) >= 11 is 0. The lowest BCUT2D eigenvalue weighted by molar-refractivity contribution is -0.155. The Balaban J connectivity index is 2.24. The van der Waals surface area contributed by atoms with Crippen LogP contribution in [-0.2, 0) is 20.9 Å². The van der Waals surface area contributed by atoms with E-state index in [0.717, 1.165) is 11.3 Å². The molecule has 0 N–H and O–H groups in total. The van der Waals surface area contributed by atoms with E-state index >= 15 is 0 Å². The van der Waals surface area contributed by atoms with Crippen LogP contribution in [0.1, 0.15) is 18.9 Å². The number of carbonyl (C=O) groups is 2. The normalized spacial score (nSPS) is 21.3. The maximum absolute atomic E-state index is 12.1. The first-order valence-electron chi connectivity index (χ1n) is 6.69. The van der Waals surface area contributed by atoms with Gasteiger partial charge in [0.15, 0.2) is 5.78 Å². The van der Waals surface area contributed by atoms with Crippen molar-refractivity contribution in [3.05, 3.63) is 42.1 Å². The number of nitrogens with zero attached hydrogens (tertiary/aromatic N) is 1. The number of rotatable bonds is 4. The third kappa shape index (κ3) is 3.07. The van der Waals surface area contributed by atoms with Gasteiger partial charge in [-0.15, -0.1) is 0 Å². The maximum Gasteiger partial charge on any atom is 0.331 e. The van der Waals surface area contributed by atoms with Crippen LogP contribution < -0.4 is 4.74 Å². The average Bonchev–Trinajstić information content (AvgIpc) is 2.50. The van der Waals surface area contributed by atoms with Gasteiger partial charge in [-0.05, 0) is 30.7 Å². The smallest absolute Gasteiger partial charge is 0.331 e. The zero-order valence-electron chi connectivity index (χ0n) is 12.5. The van der Waals surface area contributed by atoms with Crippen LogP contribution in [0.3, 0.4) is 0 Å². The van der Waals surface area contributed by atoms with Gasteiger partial charge in [0.05, 0.1) is 14.2 Å². The maximum atomic E-state index is 12.1. The van der Waals surface area contributed by atoms with Crippen molar-refractivity contribution in [1.82, 2.24) is 4.90 Å². The number of ketones is 1. The molecular formula is C16H19NO4. The molecule has 0 bridgehead atoms. The van der Waals surface area contributed by atoms with Gasteiger partial charge in [0.25, 0.3) is 0 Å². The quantitative estimate of drug-likeness (QED) is 0.793. The van der Waals surface area contributed by atoms with Gasteiger partial charge < -0.3 is 14.4 Å². The van der Waals surface area contributed by atoms with Crippen LogP contribution in [0.5, 0.6) is 5.75 Å². The number of benzene rings is 1. The van der Waals surface area contributed by atoms with Gasteiger partial charge >= 0.3 is 5.97 Å². The Kier molecular flexibility index (Phi) is 4.31. The second-order valence-corrected chi connectivity index (χ2v) is 5.20. The summed E-state index contributed by atoms with van der Waals surface area (Å²) in [5, 5.41) is 0. The minimum atomic E-state index is -0.972. The molecule has 0 radical (unpaired) electrons. The van der Waals surface area contributed by atoms with Crippen LogP contribution in [0, 0.1) is 0 Å². The monoisotopic (exact) mass is 289 g/mol. The van der Waals surface area contributed by atoms with Crippen molar-refractivity contribution in [2.75, 3.05) is 14.2 Å². The van der Waals surface area contributed by atoms with E-state index in [9.17, 15) is 9.59 Å². The SMILES string of the molecule is COC(=O)C1(C)CC(=O)C=CN1Cc1ccc(OC)cc1.